The lowest BCUT2D eigenvalue weighted by Gasteiger charge is -2.19. The first kappa shape index (κ1) is 13.8. The fourth-order valence-corrected chi connectivity index (χ4v) is 1.89. The topological polar surface area (TPSA) is 53.7 Å². The molecule has 0 amide bonds. The number of rotatable bonds is 6. The molecule has 0 aromatic heterocycles. The maximum atomic E-state index is 5.72. The van der Waals surface area contributed by atoms with Crippen LogP contribution in [0.4, 0.5) is 0 Å². The maximum absolute atomic E-state index is 5.72. The van der Waals surface area contributed by atoms with Crippen LogP contribution < -0.4 is 15.2 Å². The Labute approximate surface area is 103 Å². The lowest BCUT2D eigenvalue weighted by atomic mass is 9.95. The summed E-state index contributed by atoms with van der Waals surface area (Å²) in [7, 11) is 4.92. The molecule has 2 N–H and O–H groups in total. The zero-order valence-corrected chi connectivity index (χ0v) is 10.9. The molecule has 0 spiro atoms. The van der Waals surface area contributed by atoms with Crippen molar-refractivity contribution in [1.29, 1.82) is 0 Å². The van der Waals surface area contributed by atoms with Crippen LogP contribution in [0.5, 0.6) is 11.5 Å². The summed E-state index contributed by atoms with van der Waals surface area (Å²) in [6.45, 7) is 3.16. The number of hydrogen-bond acceptors (Lipinski definition) is 4. The van der Waals surface area contributed by atoms with Crippen molar-refractivity contribution in [3.05, 3.63) is 23.3 Å². The highest BCUT2D eigenvalue weighted by molar-refractivity contribution is 5.51. The van der Waals surface area contributed by atoms with Crippen molar-refractivity contribution >= 4 is 0 Å². The number of hydrogen-bond donors (Lipinski definition) is 1. The van der Waals surface area contributed by atoms with Crippen LogP contribution in [-0.2, 0) is 11.3 Å². The van der Waals surface area contributed by atoms with Gasteiger partial charge in [-0.3, -0.25) is 0 Å². The smallest absolute Gasteiger partial charge is 0.166 e. The first-order valence-electron chi connectivity index (χ1n) is 5.62. The van der Waals surface area contributed by atoms with Crippen LogP contribution in [0.3, 0.4) is 0 Å². The molecule has 0 fully saturated rings. The van der Waals surface area contributed by atoms with Gasteiger partial charge in [-0.05, 0) is 24.1 Å². The normalized spacial score (nSPS) is 12.3. The Kier molecular flexibility index (Phi) is 5.25. The molecule has 0 aliphatic rings. The largest absolute Gasteiger partial charge is 0.493 e. The molecule has 0 saturated carbocycles. The van der Waals surface area contributed by atoms with E-state index in [0.29, 0.717) is 18.9 Å². The molecule has 0 radical (unpaired) electrons. The minimum Gasteiger partial charge on any atom is -0.493 e. The summed E-state index contributed by atoms with van der Waals surface area (Å²) in [4.78, 5) is 0. The highest BCUT2D eigenvalue weighted by Gasteiger charge is 2.17. The summed E-state index contributed by atoms with van der Waals surface area (Å²) in [6.07, 6.45) is 0. The van der Waals surface area contributed by atoms with Gasteiger partial charge in [-0.25, -0.2) is 0 Å². The monoisotopic (exact) mass is 239 g/mol. The van der Waals surface area contributed by atoms with Crippen molar-refractivity contribution in [3.8, 4) is 11.5 Å². The third kappa shape index (κ3) is 2.90. The Morgan fingerprint density at radius 2 is 1.88 bits per heavy atom. The first-order chi connectivity index (χ1) is 8.19. The number of benzene rings is 1. The SMILES string of the molecule is COCc1c(C(C)CN)ccc(OC)c1OC. The van der Waals surface area contributed by atoms with Crippen LogP contribution in [0, 0.1) is 0 Å². The van der Waals surface area contributed by atoms with Gasteiger partial charge in [0.05, 0.1) is 20.8 Å². The molecular formula is C13H21NO3. The van der Waals surface area contributed by atoms with Crippen molar-refractivity contribution in [1.82, 2.24) is 0 Å². The first-order valence-corrected chi connectivity index (χ1v) is 5.62. The maximum Gasteiger partial charge on any atom is 0.166 e. The summed E-state index contributed by atoms with van der Waals surface area (Å²) in [5, 5.41) is 0. The van der Waals surface area contributed by atoms with Crippen molar-refractivity contribution in [2.24, 2.45) is 5.73 Å². The van der Waals surface area contributed by atoms with Crippen LogP contribution in [0.2, 0.25) is 0 Å². The molecule has 0 aliphatic carbocycles. The Balaban J connectivity index is 3.30. The van der Waals surface area contributed by atoms with Crippen LogP contribution >= 0.6 is 0 Å². The average Bonchev–Trinajstić information content (AvgIpc) is 2.37. The van der Waals surface area contributed by atoms with Gasteiger partial charge in [0.15, 0.2) is 11.5 Å². The highest BCUT2D eigenvalue weighted by atomic mass is 16.5. The molecular weight excluding hydrogens is 218 g/mol. The Hall–Kier alpha value is -1.26. The quantitative estimate of drug-likeness (QED) is 0.824. The zero-order chi connectivity index (χ0) is 12.8. The molecule has 1 aromatic carbocycles. The summed E-state index contributed by atoms with van der Waals surface area (Å²) < 4.78 is 15.9. The van der Waals surface area contributed by atoms with E-state index in [1.54, 1.807) is 21.3 Å². The van der Waals surface area contributed by atoms with E-state index in [2.05, 4.69) is 6.92 Å². The molecule has 96 valence electrons. The molecule has 1 aromatic rings. The van der Waals surface area contributed by atoms with Gasteiger partial charge in [0.25, 0.3) is 0 Å². The van der Waals surface area contributed by atoms with Gasteiger partial charge < -0.3 is 19.9 Å². The summed E-state index contributed by atoms with van der Waals surface area (Å²) >= 11 is 0. The van der Waals surface area contributed by atoms with Gasteiger partial charge in [0.2, 0.25) is 0 Å². The van der Waals surface area contributed by atoms with Crippen molar-refractivity contribution in [3.63, 3.8) is 0 Å². The molecule has 17 heavy (non-hydrogen) atoms. The lowest BCUT2D eigenvalue weighted by Crippen LogP contribution is -2.12. The summed E-state index contributed by atoms with van der Waals surface area (Å²) in [5.74, 6) is 1.71. The Bertz CT molecular complexity index is 366. The van der Waals surface area contributed by atoms with Crippen LogP contribution in [-0.4, -0.2) is 27.9 Å². The number of methoxy groups -OCH3 is 3. The van der Waals surface area contributed by atoms with E-state index in [0.717, 1.165) is 16.9 Å². The number of nitrogens with two attached hydrogens (primary N) is 1. The number of ether oxygens (including phenoxy) is 3. The van der Waals surface area contributed by atoms with Gasteiger partial charge in [-0.15, -0.1) is 0 Å². The standard InChI is InChI=1S/C13H21NO3/c1-9(7-14)10-5-6-12(16-3)13(17-4)11(10)8-15-2/h5-6,9H,7-8,14H2,1-4H3. The molecule has 4 heteroatoms. The Morgan fingerprint density at radius 1 is 1.18 bits per heavy atom. The molecule has 0 aliphatic heterocycles. The fourth-order valence-electron chi connectivity index (χ4n) is 1.89. The van der Waals surface area contributed by atoms with Gasteiger partial charge in [-0.1, -0.05) is 13.0 Å². The van der Waals surface area contributed by atoms with E-state index >= 15 is 0 Å². The molecule has 1 rings (SSSR count). The third-order valence-corrected chi connectivity index (χ3v) is 2.86. The van der Waals surface area contributed by atoms with E-state index < -0.39 is 0 Å². The van der Waals surface area contributed by atoms with Crippen molar-refractivity contribution < 1.29 is 14.2 Å². The van der Waals surface area contributed by atoms with Gasteiger partial charge in [-0.2, -0.15) is 0 Å². The molecule has 1 atom stereocenters. The molecule has 0 saturated heterocycles. The lowest BCUT2D eigenvalue weighted by molar-refractivity contribution is 0.179. The van der Waals surface area contributed by atoms with Crippen LogP contribution in [0.1, 0.15) is 24.0 Å². The van der Waals surface area contributed by atoms with Gasteiger partial charge in [0, 0.05) is 12.7 Å². The van der Waals surface area contributed by atoms with E-state index in [9.17, 15) is 0 Å². The molecule has 0 bridgehead atoms. The average molecular weight is 239 g/mol. The predicted octanol–water partition coefficient (Wildman–Crippen LogP) is 1.91. The molecule has 4 nitrogen and oxygen atoms in total. The second-order valence-electron chi connectivity index (χ2n) is 3.94. The van der Waals surface area contributed by atoms with Gasteiger partial charge in [0.1, 0.15) is 0 Å². The molecule has 0 heterocycles. The molecule has 1 unspecified atom stereocenters. The highest BCUT2D eigenvalue weighted by Crippen LogP contribution is 2.36. The van der Waals surface area contributed by atoms with E-state index in [4.69, 9.17) is 19.9 Å². The Morgan fingerprint density at radius 3 is 2.35 bits per heavy atom. The minimum atomic E-state index is 0.264. The predicted molar refractivity (Wildman–Crippen MR) is 67.7 cm³/mol. The minimum absolute atomic E-state index is 0.264. The van der Waals surface area contributed by atoms with Gasteiger partial charge >= 0.3 is 0 Å². The van der Waals surface area contributed by atoms with Crippen LogP contribution in [0.15, 0.2) is 12.1 Å². The van der Waals surface area contributed by atoms with E-state index in [1.807, 2.05) is 12.1 Å². The van der Waals surface area contributed by atoms with Crippen LogP contribution in [0.25, 0.3) is 0 Å². The second-order valence-corrected chi connectivity index (χ2v) is 3.94. The van der Waals surface area contributed by atoms with Crippen molar-refractivity contribution in [2.45, 2.75) is 19.4 Å². The zero-order valence-electron chi connectivity index (χ0n) is 10.9. The van der Waals surface area contributed by atoms with Crippen molar-refractivity contribution in [2.75, 3.05) is 27.9 Å². The van der Waals surface area contributed by atoms with E-state index in [1.165, 1.54) is 0 Å². The van der Waals surface area contributed by atoms with E-state index in [-0.39, 0.29) is 5.92 Å². The third-order valence-electron chi connectivity index (χ3n) is 2.86. The summed E-state index contributed by atoms with van der Waals surface area (Å²) in [5.41, 5.74) is 7.87. The summed E-state index contributed by atoms with van der Waals surface area (Å²) in [6, 6.07) is 3.92. The fraction of sp³-hybridized carbons (Fsp3) is 0.538. The second kappa shape index (κ2) is 6.47.